The van der Waals surface area contributed by atoms with Gasteiger partial charge in [0.05, 0.1) is 17.5 Å². The summed E-state index contributed by atoms with van der Waals surface area (Å²) in [5.74, 6) is 0.280. The van der Waals surface area contributed by atoms with E-state index in [0.717, 1.165) is 0 Å². The van der Waals surface area contributed by atoms with Crippen molar-refractivity contribution in [3.05, 3.63) is 34.3 Å². The summed E-state index contributed by atoms with van der Waals surface area (Å²) < 4.78 is 0. The molecule has 1 rings (SSSR count). The smallest absolute Gasteiger partial charge is 0.0995 e. The molecule has 0 heterocycles. The number of benzene rings is 1. The number of alkyl halides is 1. The Kier molecular flexibility index (Phi) is 2.76. The van der Waals surface area contributed by atoms with Gasteiger partial charge < -0.3 is 0 Å². The molecule has 0 aliphatic heterocycles. The molecule has 0 unspecified atom stereocenters. The van der Waals surface area contributed by atoms with Crippen LogP contribution < -0.4 is 0 Å². The third-order valence-electron chi connectivity index (χ3n) is 1.37. The first-order chi connectivity index (χ1) is 5.29. The molecule has 0 N–H and O–H groups in total. The van der Waals surface area contributed by atoms with Gasteiger partial charge in [-0.1, -0.05) is 17.7 Å². The molecule has 0 radical (unpaired) electrons. The Morgan fingerprint density at radius 3 is 2.64 bits per heavy atom. The fourth-order valence-electron chi connectivity index (χ4n) is 0.799. The first kappa shape index (κ1) is 8.39. The molecule has 0 amide bonds. The summed E-state index contributed by atoms with van der Waals surface area (Å²) in [5.41, 5.74) is 1.26. The van der Waals surface area contributed by atoms with Crippen molar-refractivity contribution in [3.63, 3.8) is 0 Å². The molecule has 0 fully saturated rings. The maximum atomic E-state index is 8.61. The van der Waals surface area contributed by atoms with Crippen LogP contribution >= 0.6 is 23.2 Å². The average Bonchev–Trinajstić information content (AvgIpc) is 2.04. The van der Waals surface area contributed by atoms with Crippen LogP contribution in [0.15, 0.2) is 18.2 Å². The average molecular weight is 186 g/mol. The van der Waals surface area contributed by atoms with Crippen LogP contribution in [0, 0.1) is 11.3 Å². The molecule has 0 saturated carbocycles. The summed E-state index contributed by atoms with van der Waals surface area (Å²) in [6, 6.07) is 7.17. The van der Waals surface area contributed by atoms with Gasteiger partial charge in [0.25, 0.3) is 0 Å². The van der Waals surface area contributed by atoms with Crippen molar-refractivity contribution in [2.45, 2.75) is 5.88 Å². The zero-order valence-electron chi connectivity index (χ0n) is 5.64. The van der Waals surface area contributed by atoms with Crippen LogP contribution in [-0.4, -0.2) is 0 Å². The Morgan fingerprint density at radius 2 is 2.18 bits per heavy atom. The van der Waals surface area contributed by atoms with Crippen molar-refractivity contribution in [2.24, 2.45) is 0 Å². The minimum atomic E-state index is 0.280. The molecule has 0 bridgehead atoms. The van der Waals surface area contributed by atoms with E-state index in [2.05, 4.69) is 0 Å². The lowest BCUT2D eigenvalue weighted by Crippen LogP contribution is -1.85. The van der Waals surface area contributed by atoms with E-state index in [1.54, 1.807) is 18.2 Å². The SMILES string of the molecule is N#Cc1cccc(Cl)c1CCl. The van der Waals surface area contributed by atoms with E-state index < -0.39 is 0 Å². The first-order valence-corrected chi connectivity index (χ1v) is 3.94. The van der Waals surface area contributed by atoms with Gasteiger partial charge in [0, 0.05) is 10.6 Å². The van der Waals surface area contributed by atoms with Crippen LogP contribution in [0.4, 0.5) is 0 Å². The third kappa shape index (κ3) is 1.65. The van der Waals surface area contributed by atoms with E-state index in [1.165, 1.54) is 0 Å². The van der Waals surface area contributed by atoms with Crippen molar-refractivity contribution in [1.82, 2.24) is 0 Å². The zero-order chi connectivity index (χ0) is 8.27. The van der Waals surface area contributed by atoms with Gasteiger partial charge in [-0.25, -0.2) is 0 Å². The lowest BCUT2D eigenvalue weighted by Gasteiger charge is -1.99. The maximum Gasteiger partial charge on any atom is 0.0995 e. The highest BCUT2D eigenvalue weighted by Gasteiger charge is 2.03. The summed E-state index contributed by atoms with van der Waals surface area (Å²) in [5, 5.41) is 9.16. The second-order valence-corrected chi connectivity index (χ2v) is 2.69. The number of nitrogens with zero attached hydrogens (tertiary/aromatic N) is 1. The van der Waals surface area contributed by atoms with E-state index in [0.29, 0.717) is 16.1 Å². The summed E-state index contributed by atoms with van der Waals surface area (Å²) in [4.78, 5) is 0. The molecule has 1 aromatic carbocycles. The standard InChI is InChI=1S/C8H5Cl2N/c9-4-7-6(5-11)2-1-3-8(7)10/h1-3H,4H2. The van der Waals surface area contributed by atoms with Gasteiger partial charge >= 0.3 is 0 Å². The van der Waals surface area contributed by atoms with Gasteiger partial charge in [-0.2, -0.15) is 5.26 Å². The largest absolute Gasteiger partial charge is 0.192 e. The van der Waals surface area contributed by atoms with Crippen LogP contribution in [0.3, 0.4) is 0 Å². The molecule has 0 atom stereocenters. The number of halogens is 2. The summed E-state index contributed by atoms with van der Waals surface area (Å²) >= 11 is 11.4. The fraction of sp³-hybridized carbons (Fsp3) is 0.125. The first-order valence-electron chi connectivity index (χ1n) is 3.03. The van der Waals surface area contributed by atoms with Crippen LogP contribution in [0.2, 0.25) is 5.02 Å². The summed E-state index contributed by atoms with van der Waals surface area (Å²) in [6.45, 7) is 0. The monoisotopic (exact) mass is 185 g/mol. The minimum Gasteiger partial charge on any atom is -0.192 e. The normalized spacial score (nSPS) is 9.18. The molecular weight excluding hydrogens is 181 g/mol. The lowest BCUT2D eigenvalue weighted by molar-refractivity contribution is 1.35. The predicted molar refractivity (Wildman–Crippen MR) is 45.7 cm³/mol. The molecule has 11 heavy (non-hydrogen) atoms. The molecule has 1 aromatic rings. The molecule has 0 aliphatic carbocycles. The van der Waals surface area contributed by atoms with Gasteiger partial charge in [-0.3, -0.25) is 0 Å². The minimum absolute atomic E-state index is 0.280. The second-order valence-electron chi connectivity index (χ2n) is 2.01. The molecule has 0 saturated heterocycles. The van der Waals surface area contributed by atoms with E-state index in [-0.39, 0.29) is 5.88 Å². The molecule has 0 spiro atoms. The topological polar surface area (TPSA) is 23.8 Å². The molecule has 0 aromatic heterocycles. The predicted octanol–water partition coefficient (Wildman–Crippen LogP) is 2.95. The third-order valence-corrected chi connectivity index (χ3v) is 1.99. The van der Waals surface area contributed by atoms with Gasteiger partial charge in [-0.05, 0) is 12.1 Å². The zero-order valence-corrected chi connectivity index (χ0v) is 7.15. The Morgan fingerprint density at radius 1 is 1.45 bits per heavy atom. The number of hydrogen-bond donors (Lipinski definition) is 0. The Labute approximate surface area is 75.2 Å². The molecule has 1 nitrogen and oxygen atoms in total. The number of hydrogen-bond acceptors (Lipinski definition) is 1. The highest BCUT2D eigenvalue weighted by molar-refractivity contribution is 6.32. The van der Waals surface area contributed by atoms with Crippen molar-refractivity contribution < 1.29 is 0 Å². The molecular formula is C8H5Cl2N. The fourth-order valence-corrected chi connectivity index (χ4v) is 1.40. The van der Waals surface area contributed by atoms with Gasteiger partial charge in [-0.15, -0.1) is 11.6 Å². The Balaban J connectivity index is 3.27. The second kappa shape index (κ2) is 3.61. The molecule has 0 aliphatic rings. The van der Waals surface area contributed by atoms with Crippen molar-refractivity contribution in [1.29, 1.82) is 5.26 Å². The Hall–Kier alpha value is -0.710. The van der Waals surface area contributed by atoms with Gasteiger partial charge in [0.15, 0.2) is 0 Å². The van der Waals surface area contributed by atoms with Crippen LogP contribution in [0.25, 0.3) is 0 Å². The van der Waals surface area contributed by atoms with Crippen molar-refractivity contribution in [3.8, 4) is 6.07 Å². The van der Waals surface area contributed by atoms with Crippen LogP contribution in [0.1, 0.15) is 11.1 Å². The van der Waals surface area contributed by atoms with Crippen molar-refractivity contribution in [2.75, 3.05) is 0 Å². The Bertz CT molecular complexity index is 301. The quantitative estimate of drug-likeness (QED) is 0.618. The van der Waals surface area contributed by atoms with E-state index in [9.17, 15) is 0 Å². The highest BCUT2D eigenvalue weighted by Crippen LogP contribution is 2.20. The molecule has 56 valence electrons. The lowest BCUT2D eigenvalue weighted by atomic mass is 10.1. The van der Waals surface area contributed by atoms with Crippen molar-refractivity contribution >= 4 is 23.2 Å². The van der Waals surface area contributed by atoms with Gasteiger partial charge in [0.2, 0.25) is 0 Å². The number of nitriles is 1. The summed E-state index contributed by atoms with van der Waals surface area (Å²) in [6.07, 6.45) is 0. The number of rotatable bonds is 1. The van der Waals surface area contributed by atoms with E-state index in [4.69, 9.17) is 28.5 Å². The maximum absolute atomic E-state index is 8.61. The molecule has 3 heteroatoms. The van der Waals surface area contributed by atoms with Crippen LogP contribution in [0.5, 0.6) is 0 Å². The highest BCUT2D eigenvalue weighted by atomic mass is 35.5. The summed E-state index contributed by atoms with van der Waals surface area (Å²) in [7, 11) is 0. The van der Waals surface area contributed by atoms with Gasteiger partial charge in [0.1, 0.15) is 0 Å². The van der Waals surface area contributed by atoms with E-state index >= 15 is 0 Å². The van der Waals surface area contributed by atoms with Crippen LogP contribution in [-0.2, 0) is 5.88 Å². The van der Waals surface area contributed by atoms with E-state index in [1.807, 2.05) is 6.07 Å².